The van der Waals surface area contributed by atoms with E-state index in [1.165, 1.54) is 0 Å². The second kappa shape index (κ2) is 6.35. The number of hydrogen-bond acceptors (Lipinski definition) is 4. The fourth-order valence-electron chi connectivity index (χ4n) is 3.67. The van der Waals surface area contributed by atoms with Gasteiger partial charge < -0.3 is 24.3 Å². The molecule has 7 nitrogen and oxygen atoms in total. The predicted octanol–water partition coefficient (Wildman–Crippen LogP) is 3.25. The van der Waals surface area contributed by atoms with Gasteiger partial charge in [0.15, 0.2) is 11.5 Å². The van der Waals surface area contributed by atoms with Gasteiger partial charge in [0.2, 0.25) is 6.79 Å². The first-order valence-corrected chi connectivity index (χ1v) is 8.82. The molecule has 0 saturated heterocycles. The number of nitrogens with zero attached hydrogens (tertiary/aromatic N) is 3. The Kier molecular flexibility index (Phi) is 3.71. The van der Waals surface area contributed by atoms with E-state index in [1.54, 1.807) is 24.5 Å². The first-order valence-electron chi connectivity index (χ1n) is 8.82. The number of nitrogens with one attached hydrogen (secondary N) is 1. The number of anilines is 1. The molecule has 0 saturated carbocycles. The predicted molar refractivity (Wildman–Crippen MR) is 98.8 cm³/mol. The van der Waals surface area contributed by atoms with Crippen molar-refractivity contribution in [2.75, 3.05) is 18.7 Å². The van der Waals surface area contributed by atoms with Crippen LogP contribution in [0.4, 0.5) is 10.5 Å². The summed E-state index contributed by atoms with van der Waals surface area (Å²) in [5.74, 6) is 1.34. The summed E-state index contributed by atoms with van der Waals surface area (Å²) in [5, 5.41) is 2.99. The van der Waals surface area contributed by atoms with E-state index in [-0.39, 0.29) is 18.9 Å². The maximum Gasteiger partial charge on any atom is 0.322 e. The van der Waals surface area contributed by atoms with Crippen LogP contribution in [0.25, 0.3) is 0 Å². The molecule has 0 spiro atoms. The maximum atomic E-state index is 13.1. The molecule has 1 N–H and O–H groups in total. The van der Waals surface area contributed by atoms with Crippen LogP contribution in [0.5, 0.6) is 11.5 Å². The van der Waals surface area contributed by atoms with Gasteiger partial charge in [0.05, 0.1) is 6.04 Å². The minimum Gasteiger partial charge on any atom is -0.454 e. The Morgan fingerprint density at radius 2 is 1.93 bits per heavy atom. The molecule has 2 aliphatic heterocycles. The molecule has 0 fully saturated rings. The smallest absolute Gasteiger partial charge is 0.322 e. The highest BCUT2D eigenvalue weighted by atomic mass is 16.7. The van der Waals surface area contributed by atoms with Crippen molar-refractivity contribution in [1.29, 1.82) is 0 Å². The average molecular weight is 362 g/mol. The number of urea groups is 1. The molecule has 2 amide bonds. The molecule has 0 aliphatic carbocycles. The van der Waals surface area contributed by atoms with E-state index in [9.17, 15) is 4.79 Å². The van der Waals surface area contributed by atoms with Crippen molar-refractivity contribution in [3.05, 3.63) is 72.3 Å². The van der Waals surface area contributed by atoms with Gasteiger partial charge in [0, 0.05) is 49.1 Å². The Labute approximate surface area is 156 Å². The second-order valence-corrected chi connectivity index (χ2v) is 6.50. The van der Waals surface area contributed by atoms with Gasteiger partial charge in [-0.1, -0.05) is 0 Å². The van der Waals surface area contributed by atoms with Crippen molar-refractivity contribution in [3.63, 3.8) is 0 Å². The van der Waals surface area contributed by atoms with Gasteiger partial charge in [-0.2, -0.15) is 0 Å². The Morgan fingerprint density at radius 1 is 1.07 bits per heavy atom. The summed E-state index contributed by atoms with van der Waals surface area (Å²) in [6.07, 6.45) is 5.56. The SMILES string of the molecule is O=C(Nc1ccc2c(c1)OCO2)N1CCn2cccc2[C@@H]1c1ccncc1. The monoisotopic (exact) mass is 362 g/mol. The van der Waals surface area contributed by atoms with Gasteiger partial charge in [0.25, 0.3) is 0 Å². The van der Waals surface area contributed by atoms with Crippen molar-refractivity contribution in [2.24, 2.45) is 0 Å². The fraction of sp³-hybridized carbons (Fsp3) is 0.200. The number of fused-ring (bicyclic) bond motifs is 2. The molecule has 1 aromatic carbocycles. The van der Waals surface area contributed by atoms with Crippen molar-refractivity contribution < 1.29 is 14.3 Å². The number of carbonyl (C=O) groups is 1. The highest BCUT2D eigenvalue weighted by Gasteiger charge is 2.32. The van der Waals surface area contributed by atoms with Crippen LogP contribution < -0.4 is 14.8 Å². The molecule has 5 rings (SSSR count). The quantitative estimate of drug-likeness (QED) is 0.760. The van der Waals surface area contributed by atoms with E-state index in [0.29, 0.717) is 23.7 Å². The van der Waals surface area contributed by atoms with E-state index >= 15 is 0 Å². The topological polar surface area (TPSA) is 68.6 Å². The van der Waals surface area contributed by atoms with Crippen LogP contribution in [0.3, 0.4) is 0 Å². The number of ether oxygens (including phenoxy) is 2. The lowest BCUT2D eigenvalue weighted by Gasteiger charge is -2.37. The third-order valence-electron chi connectivity index (χ3n) is 4.94. The normalized spacial score (nSPS) is 17.5. The highest BCUT2D eigenvalue weighted by molar-refractivity contribution is 5.90. The molecule has 2 aliphatic rings. The lowest BCUT2D eigenvalue weighted by Crippen LogP contribution is -2.44. The second-order valence-electron chi connectivity index (χ2n) is 6.50. The van der Waals surface area contributed by atoms with Crippen LogP contribution >= 0.6 is 0 Å². The molecule has 0 radical (unpaired) electrons. The van der Waals surface area contributed by atoms with Crippen LogP contribution in [-0.2, 0) is 6.54 Å². The van der Waals surface area contributed by atoms with E-state index in [1.807, 2.05) is 29.2 Å². The summed E-state index contributed by atoms with van der Waals surface area (Å²) >= 11 is 0. The number of carbonyl (C=O) groups excluding carboxylic acids is 1. The van der Waals surface area contributed by atoms with Gasteiger partial charge in [-0.25, -0.2) is 4.79 Å². The lowest BCUT2D eigenvalue weighted by molar-refractivity contribution is 0.174. The molecule has 1 atom stereocenters. The van der Waals surface area contributed by atoms with E-state index in [0.717, 1.165) is 17.8 Å². The molecule has 7 heteroatoms. The first kappa shape index (κ1) is 15.7. The number of rotatable bonds is 2. The summed E-state index contributed by atoms with van der Waals surface area (Å²) < 4.78 is 12.9. The van der Waals surface area contributed by atoms with E-state index in [4.69, 9.17) is 9.47 Å². The zero-order valence-corrected chi connectivity index (χ0v) is 14.5. The Bertz CT molecular complexity index is 986. The van der Waals surface area contributed by atoms with Crippen molar-refractivity contribution in [2.45, 2.75) is 12.6 Å². The number of hydrogen-bond donors (Lipinski definition) is 1. The van der Waals surface area contributed by atoms with Gasteiger partial charge in [-0.05, 0) is 42.0 Å². The first-order chi connectivity index (χ1) is 13.3. The Balaban J connectivity index is 1.45. The highest BCUT2D eigenvalue weighted by Crippen LogP contribution is 2.35. The minimum atomic E-state index is -0.161. The molecule has 136 valence electrons. The molecule has 0 bridgehead atoms. The summed E-state index contributed by atoms with van der Waals surface area (Å²) in [4.78, 5) is 19.1. The zero-order chi connectivity index (χ0) is 18.2. The third-order valence-corrected chi connectivity index (χ3v) is 4.94. The number of aromatic nitrogens is 2. The average Bonchev–Trinajstić information content (AvgIpc) is 3.36. The van der Waals surface area contributed by atoms with E-state index in [2.05, 4.69) is 27.1 Å². The molecular weight excluding hydrogens is 344 g/mol. The van der Waals surface area contributed by atoms with Crippen molar-refractivity contribution >= 4 is 11.7 Å². The third kappa shape index (κ3) is 2.77. The molecule has 0 unspecified atom stereocenters. The van der Waals surface area contributed by atoms with Gasteiger partial charge in [-0.15, -0.1) is 0 Å². The maximum absolute atomic E-state index is 13.1. The molecule has 2 aromatic heterocycles. The lowest BCUT2D eigenvalue weighted by atomic mass is 10.0. The molecule has 27 heavy (non-hydrogen) atoms. The summed E-state index contributed by atoms with van der Waals surface area (Å²) in [5.41, 5.74) is 2.80. The van der Waals surface area contributed by atoms with Crippen LogP contribution in [0.2, 0.25) is 0 Å². The van der Waals surface area contributed by atoms with Crippen LogP contribution in [0.1, 0.15) is 17.3 Å². The largest absolute Gasteiger partial charge is 0.454 e. The van der Waals surface area contributed by atoms with E-state index < -0.39 is 0 Å². The van der Waals surface area contributed by atoms with Crippen molar-refractivity contribution in [3.8, 4) is 11.5 Å². The fourth-order valence-corrected chi connectivity index (χ4v) is 3.67. The Hall–Kier alpha value is -3.48. The summed E-state index contributed by atoms with van der Waals surface area (Å²) in [6, 6.07) is 13.1. The zero-order valence-electron chi connectivity index (χ0n) is 14.5. The standard InChI is InChI=1S/C20H18N4O3/c25-20(22-15-3-4-17-18(12-15)27-13-26-17)24-11-10-23-9-1-2-16(23)19(24)14-5-7-21-8-6-14/h1-9,12,19H,10-11,13H2,(H,22,25)/t19-/m0/s1. The molecule has 3 aromatic rings. The Morgan fingerprint density at radius 3 is 2.81 bits per heavy atom. The van der Waals surface area contributed by atoms with Gasteiger partial charge >= 0.3 is 6.03 Å². The number of amides is 2. The van der Waals surface area contributed by atoms with Crippen LogP contribution in [0.15, 0.2) is 61.1 Å². The van der Waals surface area contributed by atoms with Gasteiger partial charge in [-0.3, -0.25) is 4.98 Å². The van der Waals surface area contributed by atoms with Crippen LogP contribution in [-0.4, -0.2) is 33.8 Å². The number of pyridine rings is 1. The summed E-state index contributed by atoms with van der Waals surface area (Å²) in [6.45, 7) is 1.59. The number of benzene rings is 1. The van der Waals surface area contributed by atoms with Gasteiger partial charge in [0.1, 0.15) is 0 Å². The molecule has 4 heterocycles. The minimum absolute atomic E-state index is 0.150. The van der Waals surface area contributed by atoms with Crippen LogP contribution in [0, 0.1) is 0 Å². The molecular formula is C20H18N4O3. The summed E-state index contributed by atoms with van der Waals surface area (Å²) in [7, 11) is 0. The van der Waals surface area contributed by atoms with Crippen molar-refractivity contribution in [1.82, 2.24) is 14.5 Å².